The monoisotopic (exact) mass is 349 g/mol. The van der Waals surface area contributed by atoms with Gasteiger partial charge in [-0.05, 0) is 112 Å². The largest absolute Gasteiger partial charge is 0.255 e. The lowest BCUT2D eigenvalue weighted by Crippen LogP contribution is -2.43. The van der Waals surface area contributed by atoms with Crippen LogP contribution in [0, 0.1) is 34.6 Å². The van der Waals surface area contributed by atoms with Crippen molar-refractivity contribution in [2.45, 2.75) is 68.5 Å². The second-order valence-corrected chi connectivity index (χ2v) is 7.77. The number of fused-ring (bicyclic) bond motifs is 1. The lowest BCUT2D eigenvalue weighted by atomic mass is 9.85. The summed E-state index contributed by atoms with van der Waals surface area (Å²) < 4.78 is 0. The summed E-state index contributed by atoms with van der Waals surface area (Å²) in [7, 11) is 0. The molecule has 3 nitrogen and oxygen atoms in total. The molecule has 0 aliphatic carbocycles. The first kappa shape index (κ1) is 18.5. The summed E-state index contributed by atoms with van der Waals surface area (Å²) in [5, 5.41) is 4.45. The van der Waals surface area contributed by atoms with Crippen LogP contribution in [-0.2, 0) is 0 Å². The van der Waals surface area contributed by atoms with Crippen LogP contribution in [0.1, 0.15) is 61.1 Å². The highest BCUT2D eigenvalue weighted by Gasteiger charge is 2.36. The molecule has 3 heteroatoms. The second-order valence-electron chi connectivity index (χ2n) is 7.77. The van der Waals surface area contributed by atoms with Gasteiger partial charge in [-0.3, -0.25) is 5.01 Å². The molecule has 0 saturated heterocycles. The number of benzene rings is 1. The Balaban J connectivity index is 2.11. The van der Waals surface area contributed by atoms with Crippen molar-refractivity contribution in [2.75, 3.05) is 0 Å². The van der Waals surface area contributed by atoms with E-state index in [1.807, 2.05) is 6.34 Å². The Hall–Kier alpha value is -2.29. The molecule has 0 bridgehead atoms. The molecule has 0 radical (unpaired) electrons. The van der Waals surface area contributed by atoms with Gasteiger partial charge >= 0.3 is 0 Å². The third-order valence-corrected chi connectivity index (χ3v) is 6.75. The second kappa shape index (κ2) is 6.15. The third kappa shape index (κ3) is 2.37. The molecule has 3 rings (SSSR count). The summed E-state index contributed by atoms with van der Waals surface area (Å²) in [6.45, 7) is 24.3. The fraction of sp³-hybridized carbons (Fsp3) is 0.435. The van der Waals surface area contributed by atoms with Gasteiger partial charge in [0.2, 0.25) is 0 Å². The van der Waals surface area contributed by atoms with Crippen LogP contribution in [0.2, 0.25) is 0 Å². The zero-order valence-corrected chi connectivity index (χ0v) is 17.7. The number of rotatable bonds is 2. The molecule has 26 heavy (non-hydrogen) atoms. The van der Waals surface area contributed by atoms with Gasteiger partial charge in [0.15, 0.2) is 6.17 Å². The summed E-state index contributed by atoms with van der Waals surface area (Å²) in [5.74, 6) is 0. The number of aliphatic imine (C=N–C) groups is 1. The molecule has 0 fully saturated rings. The van der Waals surface area contributed by atoms with E-state index in [1.165, 1.54) is 55.9 Å². The van der Waals surface area contributed by atoms with Crippen molar-refractivity contribution in [3.8, 4) is 0 Å². The molecule has 1 aromatic carbocycles. The smallest absolute Gasteiger partial charge is 0.167 e. The van der Waals surface area contributed by atoms with Crippen molar-refractivity contribution in [3.05, 3.63) is 62.5 Å². The molecule has 138 valence electrons. The quantitative estimate of drug-likeness (QED) is 0.679. The van der Waals surface area contributed by atoms with Crippen LogP contribution >= 0.6 is 0 Å². The fourth-order valence-corrected chi connectivity index (χ4v) is 4.19. The Morgan fingerprint density at radius 1 is 0.769 bits per heavy atom. The maximum absolute atomic E-state index is 4.85. The summed E-state index contributed by atoms with van der Waals surface area (Å²) in [5.41, 5.74) is 14.2. The van der Waals surface area contributed by atoms with E-state index in [-0.39, 0.29) is 6.17 Å². The number of hydrogen-bond acceptors (Lipinski definition) is 3. The summed E-state index contributed by atoms with van der Waals surface area (Å²) in [6, 6.07) is 0. The molecule has 1 aromatic rings. The minimum Gasteiger partial charge on any atom is -0.255 e. The van der Waals surface area contributed by atoms with Gasteiger partial charge in [0.1, 0.15) is 6.34 Å². The normalized spacial score (nSPS) is 19.7. The number of hydrazine groups is 1. The van der Waals surface area contributed by atoms with E-state index in [0.717, 1.165) is 5.57 Å². The van der Waals surface area contributed by atoms with E-state index in [2.05, 4.69) is 78.9 Å². The summed E-state index contributed by atoms with van der Waals surface area (Å²) in [6.07, 6.45) is 1.86. The first-order chi connectivity index (χ1) is 12.1. The van der Waals surface area contributed by atoms with E-state index in [9.17, 15) is 0 Å². The standard InChI is InChI=1S/C23H31N3/c1-12-13(2)17(6)22(18(7)14(12)3)19(8)23-24-11-25-20(9)15(4)16(5)21(10)26(23)25/h11,23H,8H2,1-7,9-10H3. The Morgan fingerprint density at radius 3 is 1.77 bits per heavy atom. The van der Waals surface area contributed by atoms with Crippen molar-refractivity contribution >= 4 is 11.9 Å². The van der Waals surface area contributed by atoms with E-state index in [1.54, 1.807) is 0 Å². The molecule has 0 aromatic heterocycles. The maximum Gasteiger partial charge on any atom is 0.167 e. The van der Waals surface area contributed by atoms with E-state index >= 15 is 0 Å². The maximum atomic E-state index is 4.85. The fourth-order valence-electron chi connectivity index (χ4n) is 4.19. The van der Waals surface area contributed by atoms with E-state index < -0.39 is 0 Å². The minimum atomic E-state index is -0.0908. The lowest BCUT2D eigenvalue weighted by Gasteiger charge is -2.40. The molecule has 2 aliphatic heterocycles. The zero-order valence-electron chi connectivity index (χ0n) is 17.7. The van der Waals surface area contributed by atoms with Crippen LogP contribution in [0.25, 0.3) is 5.57 Å². The van der Waals surface area contributed by atoms with Gasteiger partial charge in [-0.2, -0.15) is 0 Å². The molecule has 1 unspecified atom stereocenters. The molecule has 0 N–H and O–H groups in total. The van der Waals surface area contributed by atoms with Crippen LogP contribution in [-0.4, -0.2) is 22.5 Å². The van der Waals surface area contributed by atoms with Crippen LogP contribution in [0.4, 0.5) is 0 Å². The van der Waals surface area contributed by atoms with Crippen molar-refractivity contribution in [1.29, 1.82) is 0 Å². The van der Waals surface area contributed by atoms with E-state index in [4.69, 9.17) is 4.99 Å². The number of allylic oxidation sites excluding steroid dienone is 4. The number of nitrogens with zero attached hydrogens (tertiary/aromatic N) is 3. The molecule has 0 amide bonds. The van der Waals surface area contributed by atoms with Gasteiger partial charge in [-0.25, -0.2) is 10.0 Å². The Bertz CT molecular complexity index is 883. The van der Waals surface area contributed by atoms with Gasteiger partial charge in [0.25, 0.3) is 0 Å². The molecule has 1 atom stereocenters. The zero-order chi connectivity index (χ0) is 19.5. The predicted molar refractivity (Wildman–Crippen MR) is 112 cm³/mol. The van der Waals surface area contributed by atoms with Gasteiger partial charge in [0, 0.05) is 11.4 Å². The van der Waals surface area contributed by atoms with Gasteiger partial charge < -0.3 is 0 Å². The Labute approximate surface area is 158 Å². The molecular weight excluding hydrogens is 318 g/mol. The summed E-state index contributed by atoms with van der Waals surface area (Å²) >= 11 is 0. The molecule has 0 saturated carbocycles. The van der Waals surface area contributed by atoms with Crippen molar-refractivity contribution in [1.82, 2.24) is 10.0 Å². The Kier molecular flexibility index (Phi) is 4.38. The van der Waals surface area contributed by atoms with Crippen LogP contribution in [0.15, 0.2) is 34.1 Å². The van der Waals surface area contributed by atoms with Crippen molar-refractivity contribution < 1.29 is 0 Å². The first-order valence-corrected chi connectivity index (χ1v) is 9.32. The van der Waals surface area contributed by atoms with Gasteiger partial charge in [0.05, 0.1) is 0 Å². The van der Waals surface area contributed by atoms with Crippen molar-refractivity contribution in [2.24, 2.45) is 4.99 Å². The number of hydrogen-bond donors (Lipinski definition) is 0. The van der Waals surface area contributed by atoms with Gasteiger partial charge in [-0.15, -0.1) is 0 Å². The lowest BCUT2D eigenvalue weighted by molar-refractivity contribution is 0.121. The van der Waals surface area contributed by atoms with Crippen LogP contribution in [0.5, 0.6) is 0 Å². The molecular formula is C23H31N3. The average molecular weight is 350 g/mol. The molecule has 0 spiro atoms. The highest BCUT2D eigenvalue weighted by atomic mass is 15.7. The third-order valence-electron chi connectivity index (χ3n) is 6.75. The first-order valence-electron chi connectivity index (χ1n) is 9.32. The SMILES string of the molecule is C=C(c1c(C)c(C)c(C)c(C)c1C)C1N=CN2C(C)=C(C)C(C)=C(C)N12. The average Bonchev–Trinajstić information content (AvgIpc) is 3.06. The highest BCUT2D eigenvalue weighted by molar-refractivity contribution is 5.78. The van der Waals surface area contributed by atoms with E-state index in [0.29, 0.717) is 0 Å². The summed E-state index contributed by atoms with van der Waals surface area (Å²) in [4.78, 5) is 4.85. The van der Waals surface area contributed by atoms with Crippen molar-refractivity contribution in [3.63, 3.8) is 0 Å². The predicted octanol–water partition coefficient (Wildman–Crippen LogP) is 5.73. The topological polar surface area (TPSA) is 18.8 Å². The highest BCUT2D eigenvalue weighted by Crippen LogP contribution is 2.40. The van der Waals surface area contributed by atoms with Crippen LogP contribution in [0.3, 0.4) is 0 Å². The van der Waals surface area contributed by atoms with Gasteiger partial charge in [-0.1, -0.05) is 6.58 Å². The Morgan fingerprint density at radius 2 is 1.23 bits per heavy atom. The molecule has 2 aliphatic rings. The molecule has 2 heterocycles. The minimum absolute atomic E-state index is 0.0908. The van der Waals surface area contributed by atoms with Crippen LogP contribution < -0.4 is 0 Å².